The molecule has 1 aliphatic heterocycles. The van der Waals surface area contributed by atoms with Gasteiger partial charge < -0.3 is 14.9 Å². The molecule has 1 atom stereocenters. The van der Waals surface area contributed by atoms with E-state index >= 15 is 0 Å². The van der Waals surface area contributed by atoms with Crippen LogP contribution >= 0.6 is 11.6 Å². The fourth-order valence-corrected chi connectivity index (χ4v) is 2.17. The van der Waals surface area contributed by atoms with Crippen molar-refractivity contribution < 1.29 is 18.3 Å². The summed E-state index contributed by atoms with van der Waals surface area (Å²) in [4.78, 5) is 4.25. The molecule has 0 saturated heterocycles. The molecule has 4 nitrogen and oxygen atoms in total. The van der Waals surface area contributed by atoms with Crippen LogP contribution in [0, 0.1) is 11.3 Å². The molecular formula is C16H17ClF2N2O2. The Morgan fingerprint density at radius 1 is 1.39 bits per heavy atom. The highest BCUT2D eigenvalue weighted by molar-refractivity contribution is 6.33. The van der Waals surface area contributed by atoms with Gasteiger partial charge in [-0.1, -0.05) is 37.9 Å². The second kappa shape index (κ2) is 6.66. The Kier molecular flexibility index (Phi) is 5.04. The van der Waals surface area contributed by atoms with Crippen LogP contribution in [0.25, 0.3) is 5.70 Å². The van der Waals surface area contributed by atoms with E-state index in [0.717, 1.165) is 6.42 Å². The van der Waals surface area contributed by atoms with Crippen molar-refractivity contribution in [3.8, 4) is 11.5 Å². The molecule has 0 bridgehead atoms. The molecule has 1 aromatic rings. The van der Waals surface area contributed by atoms with Gasteiger partial charge in [0, 0.05) is 23.6 Å². The van der Waals surface area contributed by atoms with Gasteiger partial charge in [0.25, 0.3) is 0 Å². The highest BCUT2D eigenvalue weighted by Gasteiger charge is 2.43. The van der Waals surface area contributed by atoms with Gasteiger partial charge in [0.1, 0.15) is 0 Å². The standard InChI is InChI=1S/C16H17ClF2N2O2/c1-4-9(2)5-13(21-8-10(3)20)11-6-14-15(7-12(11)17)23-16(18,19)22-14/h5-9,20H,4H2,1-3H3. The first-order chi connectivity index (χ1) is 10.7. The number of rotatable bonds is 5. The lowest BCUT2D eigenvalue weighted by molar-refractivity contribution is -0.286. The van der Waals surface area contributed by atoms with E-state index in [-0.39, 0.29) is 28.2 Å². The first kappa shape index (κ1) is 17.4. The predicted octanol–water partition coefficient (Wildman–Crippen LogP) is 5.16. The molecule has 1 unspecified atom stereocenters. The first-order valence-corrected chi connectivity index (χ1v) is 7.50. The minimum absolute atomic E-state index is 0.0915. The first-order valence-electron chi connectivity index (χ1n) is 7.12. The second-order valence-electron chi connectivity index (χ2n) is 5.32. The number of alkyl halides is 2. The molecule has 23 heavy (non-hydrogen) atoms. The summed E-state index contributed by atoms with van der Waals surface area (Å²) < 4.78 is 35.2. The van der Waals surface area contributed by atoms with Crippen molar-refractivity contribution in [2.75, 3.05) is 0 Å². The van der Waals surface area contributed by atoms with Crippen LogP contribution in [0.2, 0.25) is 5.02 Å². The van der Waals surface area contributed by atoms with Crippen LogP contribution < -0.4 is 9.47 Å². The number of fused-ring (bicyclic) bond motifs is 1. The van der Waals surface area contributed by atoms with E-state index < -0.39 is 6.29 Å². The molecule has 0 amide bonds. The Morgan fingerprint density at radius 2 is 2.00 bits per heavy atom. The average molecular weight is 343 g/mol. The number of allylic oxidation sites excluding steroid dienone is 1. The summed E-state index contributed by atoms with van der Waals surface area (Å²) >= 11 is 6.19. The molecular weight excluding hydrogens is 326 g/mol. The summed E-state index contributed by atoms with van der Waals surface area (Å²) in [6, 6.07) is 2.66. The van der Waals surface area contributed by atoms with Gasteiger partial charge in [-0.25, -0.2) is 0 Å². The van der Waals surface area contributed by atoms with Crippen LogP contribution in [-0.2, 0) is 0 Å². The summed E-state index contributed by atoms with van der Waals surface area (Å²) in [5, 5.41) is 7.67. The van der Waals surface area contributed by atoms with Gasteiger partial charge in [-0.05, 0) is 18.9 Å². The van der Waals surface area contributed by atoms with Crippen molar-refractivity contribution in [1.82, 2.24) is 0 Å². The zero-order valence-electron chi connectivity index (χ0n) is 13.0. The lowest BCUT2D eigenvalue weighted by atomic mass is 10.0. The van der Waals surface area contributed by atoms with E-state index in [1.54, 1.807) is 6.92 Å². The van der Waals surface area contributed by atoms with E-state index in [1.807, 2.05) is 19.9 Å². The Bertz CT molecular complexity index is 687. The number of hydrogen-bond acceptors (Lipinski definition) is 4. The Morgan fingerprint density at radius 3 is 2.57 bits per heavy atom. The molecule has 0 radical (unpaired) electrons. The normalized spacial score (nSPS) is 17.6. The number of ether oxygens (including phenoxy) is 2. The lowest BCUT2D eigenvalue weighted by Gasteiger charge is -2.09. The molecule has 0 aromatic heterocycles. The number of aliphatic imine (C=N–C) groups is 1. The molecule has 1 aliphatic rings. The van der Waals surface area contributed by atoms with Gasteiger partial charge in [0.2, 0.25) is 0 Å². The van der Waals surface area contributed by atoms with Crippen LogP contribution in [0.15, 0.2) is 23.2 Å². The Labute approximate surface area is 138 Å². The van der Waals surface area contributed by atoms with Crippen LogP contribution in [0.3, 0.4) is 0 Å². The topological polar surface area (TPSA) is 54.7 Å². The van der Waals surface area contributed by atoms with Crippen LogP contribution in [0.4, 0.5) is 8.78 Å². The summed E-state index contributed by atoms with van der Waals surface area (Å²) in [6.45, 7) is 5.61. The van der Waals surface area contributed by atoms with Gasteiger partial charge in [0.05, 0.1) is 10.7 Å². The summed E-state index contributed by atoms with van der Waals surface area (Å²) in [7, 11) is 0. The molecule has 0 saturated carbocycles. The van der Waals surface area contributed by atoms with E-state index in [1.165, 1.54) is 18.3 Å². The predicted molar refractivity (Wildman–Crippen MR) is 87.0 cm³/mol. The third kappa shape index (κ3) is 4.28. The van der Waals surface area contributed by atoms with Crippen molar-refractivity contribution in [3.63, 3.8) is 0 Å². The second-order valence-corrected chi connectivity index (χ2v) is 5.73. The maximum atomic E-state index is 13.2. The van der Waals surface area contributed by atoms with Gasteiger partial charge in [-0.3, -0.25) is 4.99 Å². The average Bonchev–Trinajstić information content (AvgIpc) is 2.75. The number of halogens is 3. The molecule has 1 N–H and O–H groups in total. The highest BCUT2D eigenvalue weighted by atomic mass is 35.5. The maximum absolute atomic E-state index is 13.2. The Balaban J connectivity index is 2.48. The number of benzene rings is 1. The highest BCUT2D eigenvalue weighted by Crippen LogP contribution is 2.45. The van der Waals surface area contributed by atoms with Gasteiger partial charge >= 0.3 is 6.29 Å². The number of hydrogen-bond donors (Lipinski definition) is 1. The van der Waals surface area contributed by atoms with Gasteiger partial charge in [0.15, 0.2) is 11.5 Å². The van der Waals surface area contributed by atoms with E-state index in [9.17, 15) is 8.78 Å². The van der Waals surface area contributed by atoms with Crippen LogP contribution in [-0.4, -0.2) is 18.2 Å². The maximum Gasteiger partial charge on any atom is 0.586 e. The van der Waals surface area contributed by atoms with Gasteiger partial charge in [-0.15, -0.1) is 8.78 Å². The van der Waals surface area contributed by atoms with E-state index in [4.69, 9.17) is 17.0 Å². The fraction of sp³-hybridized carbons (Fsp3) is 0.375. The third-order valence-electron chi connectivity index (χ3n) is 3.25. The van der Waals surface area contributed by atoms with Crippen molar-refractivity contribution >= 4 is 29.2 Å². The molecule has 0 aliphatic carbocycles. The molecule has 0 fully saturated rings. The zero-order valence-corrected chi connectivity index (χ0v) is 13.7. The monoisotopic (exact) mass is 342 g/mol. The lowest BCUT2D eigenvalue weighted by Crippen LogP contribution is -2.25. The third-order valence-corrected chi connectivity index (χ3v) is 3.56. The largest absolute Gasteiger partial charge is 0.586 e. The molecule has 0 spiro atoms. The molecule has 1 heterocycles. The fourth-order valence-electron chi connectivity index (χ4n) is 1.92. The van der Waals surface area contributed by atoms with E-state index in [2.05, 4.69) is 14.5 Å². The molecule has 1 aromatic carbocycles. The van der Waals surface area contributed by atoms with Crippen molar-refractivity contribution in [1.29, 1.82) is 5.41 Å². The van der Waals surface area contributed by atoms with E-state index in [0.29, 0.717) is 11.3 Å². The minimum atomic E-state index is -3.69. The van der Waals surface area contributed by atoms with Crippen molar-refractivity contribution in [2.45, 2.75) is 33.5 Å². The molecule has 124 valence electrons. The molecule has 2 rings (SSSR count). The summed E-state index contributed by atoms with van der Waals surface area (Å²) in [6.07, 6.45) is 0.438. The van der Waals surface area contributed by atoms with Crippen LogP contribution in [0.1, 0.15) is 32.8 Å². The van der Waals surface area contributed by atoms with Crippen LogP contribution in [0.5, 0.6) is 11.5 Å². The SMILES string of the molecule is CCC(C)C=C(N=CC(C)=N)c1cc2c(cc1Cl)OC(F)(F)O2. The van der Waals surface area contributed by atoms with Crippen molar-refractivity contribution in [2.24, 2.45) is 10.9 Å². The molecule has 7 heteroatoms. The minimum Gasteiger partial charge on any atom is -0.395 e. The number of nitrogens with one attached hydrogen (secondary N) is 1. The van der Waals surface area contributed by atoms with Crippen molar-refractivity contribution in [3.05, 3.63) is 28.8 Å². The zero-order chi connectivity index (χ0) is 17.2. The Hall–Kier alpha value is -1.95. The summed E-state index contributed by atoms with van der Waals surface area (Å²) in [5.74, 6) is 0.00111. The number of nitrogens with zero attached hydrogens (tertiary/aromatic N) is 1. The quantitative estimate of drug-likeness (QED) is 0.751. The van der Waals surface area contributed by atoms with Gasteiger partial charge in [-0.2, -0.15) is 0 Å². The smallest absolute Gasteiger partial charge is 0.395 e. The summed E-state index contributed by atoms with van der Waals surface area (Å²) in [5.41, 5.74) is 1.21.